The minimum atomic E-state index is 0.240. The van der Waals surface area contributed by atoms with E-state index in [1.54, 1.807) is 0 Å². The molecule has 2 aromatic rings. The van der Waals surface area contributed by atoms with Crippen LogP contribution >= 0.6 is 0 Å². The Labute approximate surface area is 121 Å². The third-order valence-electron chi connectivity index (χ3n) is 3.62. The van der Waals surface area contributed by atoms with Crippen LogP contribution in [-0.4, -0.2) is 16.5 Å². The summed E-state index contributed by atoms with van der Waals surface area (Å²) >= 11 is 0. The zero-order valence-electron chi connectivity index (χ0n) is 12.8. The van der Waals surface area contributed by atoms with Gasteiger partial charge in [-0.1, -0.05) is 25.1 Å². The van der Waals surface area contributed by atoms with Crippen LogP contribution in [-0.2, 0) is 6.42 Å². The first-order valence-electron chi connectivity index (χ1n) is 7.19. The van der Waals surface area contributed by atoms with E-state index in [9.17, 15) is 0 Å². The fourth-order valence-corrected chi connectivity index (χ4v) is 2.36. The lowest BCUT2D eigenvalue weighted by molar-refractivity contribution is 0.534. The predicted molar refractivity (Wildman–Crippen MR) is 82.8 cm³/mol. The molecule has 1 unspecified atom stereocenters. The summed E-state index contributed by atoms with van der Waals surface area (Å²) in [6, 6.07) is 8.91. The summed E-state index contributed by atoms with van der Waals surface area (Å²) in [5.74, 6) is 0.825. The summed E-state index contributed by atoms with van der Waals surface area (Å²) in [7, 11) is 0. The number of rotatable bonds is 5. The Morgan fingerprint density at radius 3 is 2.55 bits per heavy atom. The molecule has 3 heteroatoms. The molecule has 1 atom stereocenters. The Morgan fingerprint density at radius 1 is 1.10 bits per heavy atom. The van der Waals surface area contributed by atoms with Crippen molar-refractivity contribution in [1.82, 2.24) is 15.3 Å². The number of aromatic nitrogens is 2. The maximum atomic E-state index is 4.55. The van der Waals surface area contributed by atoms with E-state index in [1.807, 2.05) is 19.2 Å². The quantitative estimate of drug-likeness (QED) is 0.905. The molecule has 1 aromatic heterocycles. The van der Waals surface area contributed by atoms with Crippen molar-refractivity contribution in [2.24, 2.45) is 0 Å². The maximum Gasteiger partial charge on any atom is 0.125 e. The lowest BCUT2D eigenvalue weighted by atomic mass is 9.99. The molecular weight excluding hydrogens is 246 g/mol. The minimum absolute atomic E-state index is 0.240. The molecule has 0 amide bonds. The molecular formula is C17H23N3. The Hall–Kier alpha value is -1.74. The van der Waals surface area contributed by atoms with Crippen molar-refractivity contribution in [2.75, 3.05) is 6.54 Å². The fourth-order valence-electron chi connectivity index (χ4n) is 2.36. The van der Waals surface area contributed by atoms with E-state index >= 15 is 0 Å². The van der Waals surface area contributed by atoms with Crippen LogP contribution in [0.25, 0.3) is 0 Å². The zero-order chi connectivity index (χ0) is 14.5. The zero-order valence-corrected chi connectivity index (χ0v) is 12.8. The van der Waals surface area contributed by atoms with Gasteiger partial charge in [-0.15, -0.1) is 0 Å². The van der Waals surface area contributed by atoms with Crippen molar-refractivity contribution >= 4 is 0 Å². The highest BCUT2D eigenvalue weighted by Gasteiger charge is 2.13. The van der Waals surface area contributed by atoms with Crippen LogP contribution in [0, 0.1) is 20.8 Å². The number of hydrogen-bond acceptors (Lipinski definition) is 3. The monoisotopic (exact) mass is 269 g/mol. The average Bonchev–Trinajstić information content (AvgIpc) is 2.42. The van der Waals surface area contributed by atoms with Crippen LogP contribution in [0.5, 0.6) is 0 Å². The van der Waals surface area contributed by atoms with Crippen molar-refractivity contribution in [3.63, 3.8) is 0 Å². The van der Waals surface area contributed by atoms with Gasteiger partial charge in [-0.25, -0.2) is 9.97 Å². The molecule has 1 N–H and O–H groups in total. The molecule has 0 saturated carbocycles. The highest BCUT2D eigenvalue weighted by molar-refractivity contribution is 5.31. The van der Waals surface area contributed by atoms with Gasteiger partial charge >= 0.3 is 0 Å². The molecule has 0 bridgehead atoms. The molecule has 0 aliphatic carbocycles. The van der Waals surface area contributed by atoms with Crippen LogP contribution in [0.1, 0.15) is 41.2 Å². The molecule has 20 heavy (non-hydrogen) atoms. The Morgan fingerprint density at radius 2 is 1.90 bits per heavy atom. The molecule has 0 aliphatic heterocycles. The van der Waals surface area contributed by atoms with Gasteiger partial charge in [0, 0.05) is 6.20 Å². The molecule has 106 valence electrons. The van der Waals surface area contributed by atoms with E-state index in [2.05, 4.69) is 54.3 Å². The van der Waals surface area contributed by atoms with Crippen LogP contribution < -0.4 is 5.32 Å². The van der Waals surface area contributed by atoms with Gasteiger partial charge in [0.15, 0.2) is 0 Å². The van der Waals surface area contributed by atoms with Gasteiger partial charge in [-0.3, -0.25) is 0 Å². The summed E-state index contributed by atoms with van der Waals surface area (Å²) in [5.41, 5.74) is 5.09. The first-order valence-corrected chi connectivity index (χ1v) is 7.19. The van der Waals surface area contributed by atoms with Crippen LogP contribution in [0.3, 0.4) is 0 Å². The lowest BCUT2D eigenvalue weighted by Crippen LogP contribution is -2.24. The Kier molecular flexibility index (Phi) is 4.85. The Balaban J connectivity index is 2.22. The first-order chi connectivity index (χ1) is 9.60. The summed E-state index contributed by atoms with van der Waals surface area (Å²) in [6.45, 7) is 9.30. The van der Waals surface area contributed by atoms with Gasteiger partial charge in [0.25, 0.3) is 0 Å². The smallest absolute Gasteiger partial charge is 0.125 e. The molecule has 1 heterocycles. The molecule has 2 rings (SSSR count). The summed E-state index contributed by atoms with van der Waals surface area (Å²) < 4.78 is 0. The van der Waals surface area contributed by atoms with E-state index in [0.717, 1.165) is 24.5 Å². The van der Waals surface area contributed by atoms with Crippen molar-refractivity contribution < 1.29 is 0 Å². The first kappa shape index (κ1) is 14.7. The molecule has 3 nitrogen and oxygen atoms in total. The maximum absolute atomic E-state index is 4.55. The second-order valence-electron chi connectivity index (χ2n) is 5.26. The molecule has 1 aromatic carbocycles. The third-order valence-corrected chi connectivity index (χ3v) is 3.62. The molecule has 0 fully saturated rings. The molecule has 0 saturated heterocycles. The van der Waals surface area contributed by atoms with Gasteiger partial charge in [0.05, 0.1) is 11.7 Å². The van der Waals surface area contributed by atoms with Gasteiger partial charge < -0.3 is 5.32 Å². The van der Waals surface area contributed by atoms with Crippen molar-refractivity contribution in [3.8, 4) is 0 Å². The number of nitrogens with one attached hydrogen (secondary N) is 1. The standard InChI is InChI=1S/C17H23N3/c1-5-18-17(16-8-9-19-14(4)20-16)11-15-7-6-12(2)13(3)10-15/h6-10,17-18H,5,11H2,1-4H3. The molecule has 0 aliphatic rings. The normalized spacial score (nSPS) is 12.4. The van der Waals surface area contributed by atoms with Crippen molar-refractivity contribution in [1.29, 1.82) is 0 Å². The van der Waals surface area contributed by atoms with Gasteiger partial charge in [0.2, 0.25) is 0 Å². The van der Waals surface area contributed by atoms with Gasteiger partial charge in [-0.2, -0.15) is 0 Å². The molecule has 0 spiro atoms. The highest BCUT2D eigenvalue weighted by atomic mass is 15.0. The summed E-state index contributed by atoms with van der Waals surface area (Å²) in [5, 5.41) is 3.52. The van der Waals surface area contributed by atoms with Crippen molar-refractivity contribution in [3.05, 3.63) is 58.7 Å². The van der Waals surface area contributed by atoms with Crippen LogP contribution in [0.2, 0.25) is 0 Å². The third kappa shape index (κ3) is 3.64. The SMILES string of the molecule is CCNC(Cc1ccc(C)c(C)c1)c1ccnc(C)n1. The Bertz CT molecular complexity index is 578. The molecule has 0 radical (unpaired) electrons. The number of hydrogen-bond donors (Lipinski definition) is 1. The summed E-state index contributed by atoms with van der Waals surface area (Å²) in [4.78, 5) is 8.73. The number of likely N-dealkylation sites (N-methyl/N-ethyl adjacent to an activating group) is 1. The van der Waals surface area contributed by atoms with Gasteiger partial charge in [-0.05, 0) is 56.5 Å². The van der Waals surface area contributed by atoms with Gasteiger partial charge in [0.1, 0.15) is 5.82 Å². The van der Waals surface area contributed by atoms with E-state index in [0.29, 0.717) is 0 Å². The van der Waals surface area contributed by atoms with E-state index in [4.69, 9.17) is 0 Å². The highest BCUT2D eigenvalue weighted by Crippen LogP contribution is 2.18. The second kappa shape index (κ2) is 6.62. The number of nitrogens with zero attached hydrogens (tertiary/aromatic N) is 2. The lowest BCUT2D eigenvalue weighted by Gasteiger charge is -2.18. The number of benzene rings is 1. The van der Waals surface area contributed by atoms with E-state index in [-0.39, 0.29) is 6.04 Å². The van der Waals surface area contributed by atoms with Crippen LogP contribution in [0.4, 0.5) is 0 Å². The second-order valence-corrected chi connectivity index (χ2v) is 5.26. The van der Waals surface area contributed by atoms with E-state index < -0.39 is 0 Å². The number of aryl methyl sites for hydroxylation is 3. The minimum Gasteiger partial charge on any atom is -0.309 e. The fraction of sp³-hybridized carbons (Fsp3) is 0.412. The topological polar surface area (TPSA) is 37.8 Å². The average molecular weight is 269 g/mol. The van der Waals surface area contributed by atoms with Crippen molar-refractivity contribution in [2.45, 2.75) is 40.2 Å². The van der Waals surface area contributed by atoms with Crippen LogP contribution in [0.15, 0.2) is 30.5 Å². The van der Waals surface area contributed by atoms with E-state index in [1.165, 1.54) is 16.7 Å². The largest absolute Gasteiger partial charge is 0.309 e. The predicted octanol–water partition coefficient (Wildman–Crippen LogP) is 3.30. The summed E-state index contributed by atoms with van der Waals surface area (Å²) in [6.07, 6.45) is 2.79.